The average molecular weight is 393 g/mol. The van der Waals surface area contributed by atoms with E-state index in [9.17, 15) is 9.59 Å². The van der Waals surface area contributed by atoms with Gasteiger partial charge >= 0.3 is 11.9 Å². The molecule has 5 rings (SSSR count). The van der Waals surface area contributed by atoms with Crippen molar-refractivity contribution in [2.24, 2.45) is 28.1 Å². The lowest BCUT2D eigenvalue weighted by molar-refractivity contribution is -0.222. The summed E-state index contributed by atoms with van der Waals surface area (Å²) >= 11 is 0. The molecule has 158 valence electrons. The molecule has 1 aliphatic heterocycles. The number of hydrogen-bond donors (Lipinski definition) is 0. The van der Waals surface area contributed by atoms with E-state index in [2.05, 4.69) is 6.92 Å². The van der Waals surface area contributed by atoms with Gasteiger partial charge in [-0.2, -0.15) is 0 Å². The number of ether oxygens (including phenoxy) is 3. The second kappa shape index (κ2) is 6.72. The molecule has 5 heteroatoms. The molecule has 2 unspecified atom stereocenters. The summed E-state index contributed by atoms with van der Waals surface area (Å²) in [4.78, 5) is 26.1. The van der Waals surface area contributed by atoms with Crippen LogP contribution in [0.5, 0.6) is 0 Å². The summed E-state index contributed by atoms with van der Waals surface area (Å²) in [6.45, 7) is 9.87. The minimum Gasteiger partial charge on any atom is -0.464 e. The monoisotopic (exact) mass is 392 g/mol. The standard InChI is InChI=1S/C23H36O5/c1-5-20(3,4)18(24)28-23-10-16-7-17(11-23)9-22(8-16,12-23)19(25)27-15-21(6-2)13-26-14-21/h16-17H,5-15H2,1-4H3. The van der Waals surface area contributed by atoms with Crippen molar-refractivity contribution in [2.45, 2.75) is 84.7 Å². The fraction of sp³-hybridized carbons (Fsp3) is 0.913. The molecule has 5 aliphatic rings. The molecule has 2 atom stereocenters. The number of hydrogen-bond acceptors (Lipinski definition) is 5. The maximum absolute atomic E-state index is 13.3. The van der Waals surface area contributed by atoms with Crippen LogP contribution in [0.25, 0.3) is 0 Å². The van der Waals surface area contributed by atoms with Gasteiger partial charge in [0.1, 0.15) is 12.2 Å². The van der Waals surface area contributed by atoms with Crippen molar-refractivity contribution in [2.75, 3.05) is 19.8 Å². The molecular formula is C23H36O5. The van der Waals surface area contributed by atoms with Gasteiger partial charge in [0.25, 0.3) is 0 Å². The molecule has 5 nitrogen and oxygen atoms in total. The van der Waals surface area contributed by atoms with E-state index in [4.69, 9.17) is 14.2 Å². The van der Waals surface area contributed by atoms with Gasteiger partial charge in [0.15, 0.2) is 0 Å². The highest BCUT2D eigenvalue weighted by Gasteiger charge is 2.63. The van der Waals surface area contributed by atoms with Crippen LogP contribution in [0.4, 0.5) is 0 Å². The van der Waals surface area contributed by atoms with E-state index in [0.29, 0.717) is 38.1 Å². The van der Waals surface area contributed by atoms with Gasteiger partial charge in [0, 0.05) is 6.42 Å². The van der Waals surface area contributed by atoms with E-state index in [-0.39, 0.29) is 17.4 Å². The molecule has 0 aromatic carbocycles. The number of rotatable bonds is 7. The van der Waals surface area contributed by atoms with Gasteiger partial charge in [0.2, 0.25) is 0 Å². The van der Waals surface area contributed by atoms with E-state index in [1.165, 1.54) is 0 Å². The van der Waals surface area contributed by atoms with Gasteiger partial charge in [-0.25, -0.2) is 0 Å². The average Bonchev–Trinajstić information content (AvgIpc) is 2.59. The van der Waals surface area contributed by atoms with Crippen LogP contribution >= 0.6 is 0 Å². The second-order valence-corrected chi connectivity index (χ2v) is 11.0. The largest absolute Gasteiger partial charge is 0.464 e. The van der Waals surface area contributed by atoms with Crippen molar-refractivity contribution in [3.63, 3.8) is 0 Å². The maximum Gasteiger partial charge on any atom is 0.312 e. The van der Waals surface area contributed by atoms with E-state index in [1.807, 2.05) is 20.8 Å². The summed E-state index contributed by atoms with van der Waals surface area (Å²) in [5.74, 6) is 0.769. The molecule has 5 fully saturated rings. The summed E-state index contributed by atoms with van der Waals surface area (Å²) in [7, 11) is 0. The zero-order chi connectivity index (χ0) is 20.2. The lowest BCUT2D eigenvalue weighted by Gasteiger charge is -2.60. The van der Waals surface area contributed by atoms with Crippen LogP contribution in [0.1, 0.15) is 79.1 Å². The Kier molecular flexibility index (Phi) is 4.84. The molecule has 1 heterocycles. The van der Waals surface area contributed by atoms with Crippen LogP contribution < -0.4 is 0 Å². The number of carbonyl (C=O) groups is 2. The summed E-state index contributed by atoms with van der Waals surface area (Å²) in [6.07, 6.45) is 7.15. The van der Waals surface area contributed by atoms with Crippen molar-refractivity contribution < 1.29 is 23.8 Å². The zero-order valence-corrected chi connectivity index (χ0v) is 18.0. The summed E-state index contributed by atoms with van der Waals surface area (Å²) in [5.41, 5.74) is -1.39. The van der Waals surface area contributed by atoms with Gasteiger partial charge in [-0.3, -0.25) is 9.59 Å². The minimum absolute atomic E-state index is 0.00720. The predicted molar refractivity (Wildman–Crippen MR) is 105 cm³/mol. The van der Waals surface area contributed by atoms with Crippen molar-refractivity contribution in [3.05, 3.63) is 0 Å². The Morgan fingerprint density at radius 2 is 1.71 bits per heavy atom. The first-order valence-corrected chi connectivity index (χ1v) is 11.1. The summed E-state index contributed by atoms with van der Waals surface area (Å²) in [6, 6.07) is 0. The van der Waals surface area contributed by atoms with Crippen molar-refractivity contribution in [1.82, 2.24) is 0 Å². The first kappa shape index (κ1) is 20.2. The van der Waals surface area contributed by atoms with Crippen LogP contribution in [0, 0.1) is 28.1 Å². The Labute approximate surface area is 168 Å². The Morgan fingerprint density at radius 3 is 2.21 bits per heavy atom. The molecule has 0 aromatic rings. The van der Waals surface area contributed by atoms with E-state index in [0.717, 1.165) is 44.9 Å². The molecule has 0 N–H and O–H groups in total. The normalized spacial score (nSPS) is 38.0. The number of carbonyl (C=O) groups excluding carboxylic acids is 2. The Morgan fingerprint density at radius 1 is 1.07 bits per heavy atom. The highest BCUT2D eigenvalue weighted by Crippen LogP contribution is 2.63. The molecule has 4 aliphatic carbocycles. The zero-order valence-electron chi connectivity index (χ0n) is 18.0. The number of esters is 2. The highest BCUT2D eigenvalue weighted by atomic mass is 16.6. The van der Waals surface area contributed by atoms with Crippen LogP contribution in [0.15, 0.2) is 0 Å². The minimum atomic E-state index is -0.477. The van der Waals surface area contributed by atoms with Crippen LogP contribution in [-0.2, 0) is 23.8 Å². The Balaban J connectivity index is 1.49. The first-order valence-electron chi connectivity index (χ1n) is 11.1. The van der Waals surface area contributed by atoms with Gasteiger partial charge < -0.3 is 14.2 Å². The van der Waals surface area contributed by atoms with Gasteiger partial charge in [0.05, 0.1) is 29.5 Å². The molecule has 0 radical (unpaired) electrons. The summed E-state index contributed by atoms with van der Waals surface area (Å²) < 4.78 is 17.5. The van der Waals surface area contributed by atoms with Gasteiger partial charge in [-0.1, -0.05) is 13.8 Å². The third-order valence-electron chi connectivity index (χ3n) is 8.26. The van der Waals surface area contributed by atoms with E-state index >= 15 is 0 Å². The molecule has 1 saturated heterocycles. The van der Waals surface area contributed by atoms with Crippen LogP contribution in [0.3, 0.4) is 0 Å². The molecule has 4 saturated carbocycles. The SMILES string of the molecule is CCC1(COC(=O)C23CC4CC(CC(OC(=O)C(C)(C)CC)(C4)C2)C3)COC1. The molecule has 0 aromatic heterocycles. The van der Waals surface area contributed by atoms with Crippen LogP contribution in [0.2, 0.25) is 0 Å². The maximum atomic E-state index is 13.3. The third kappa shape index (κ3) is 3.28. The molecule has 4 bridgehead atoms. The lowest BCUT2D eigenvalue weighted by atomic mass is 9.48. The topological polar surface area (TPSA) is 61.8 Å². The van der Waals surface area contributed by atoms with E-state index in [1.54, 1.807) is 0 Å². The highest BCUT2D eigenvalue weighted by molar-refractivity contribution is 5.79. The first-order chi connectivity index (χ1) is 13.2. The van der Waals surface area contributed by atoms with Gasteiger partial charge in [-0.05, 0) is 70.6 Å². The van der Waals surface area contributed by atoms with E-state index < -0.39 is 16.4 Å². The fourth-order valence-electron chi connectivity index (χ4n) is 6.17. The quantitative estimate of drug-likeness (QED) is 0.605. The Hall–Kier alpha value is -1.10. The van der Waals surface area contributed by atoms with Gasteiger partial charge in [-0.15, -0.1) is 0 Å². The molecule has 0 amide bonds. The van der Waals surface area contributed by atoms with Crippen molar-refractivity contribution in [1.29, 1.82) is 0 Å². The lowest BCUT2D eigenvalue weighted by Crippen LogP contribution is -2.61. The smallest absolute Gasteiger partial charge is 0.312 e. The Bertz CT molecular complexity index is 628. The predicted octanol–water partition coefficient (Wildman–Crippen LogP) is 4.27. The second-order valence-electron chi connectivity index (χ2n) is 11.0. The van der Waals surface area contributed by atoms with Crippen molar-refractivity contribution in [3.8, 4) is 0 Å². The van der Waals surface area contributed by atoms with Crippen molar-refractivity contribution >= 4 is 11.9 Å². The fourth-order valence-corrected chi connectivity index (χ4v) is 6.17. The summed E-state index contributed by atoms with van der Waals surface area (Å²) in [5, 5.41) is 0. The molecule has 28 heavy (non-hydrogen) atoms. The molecular weight excluding hydrogens is 356 g/mol. The van der Waals surface area contributed by atoms with Crippen LogP contribution in [-0.4, -0.2) is 37.4 Å². The third-order valence-corrected chi connectivity index (χ3v) is 8.26. The molecule has 0 spiro atoms.